The smallest absolute Gasteiger partial charge is 0.223 e. The lowest BCUT2D eigenvalue weighted by Gasteiger charge is -2.34. The zero-order chi connectivity index (χ0) is 15.2. The predicted molar refractivity (Wildman–Crippen MR) is 90.9 cm³/mol. The highest BCUT2D eigenvalue weighted by Gasteiger charge is 2.32. The SMILES string of the molecule is CCN1CCN(CCC(=O)N(C)[C@H]2CCC[C@@H]2SC)CC1. The van der Waals surface area contributed by atoms with E-state index in [-0.39, 0.29) is 0 Å². The summed E-state index contributed by atoms with van der Waals surface area (Å²) in [6.45, 7) is 8.82. The third kappa shape index (κ3) is 4.60. The van der Waals surface area contributed by atoms with E-state index in [1.54, 1.807) is 0 Å². The van der Waals surface area contributed by atoms with Crippen molar-refractivity contribution in [2.45, 2.75) is 43.9 Å². The highest BCUT2D eigenvalue weighted by Crippen LogP contribution is 2.31. The average Bonchev–Trinajstić information content (AvgIpc) is 3.00. The molecule has 1 amide bonds. The van der Waals surface area contributed by atoms with Crippen molar-refractivity contribution in [3.05, 3.63) is 0 Å². The summed E-state index contributed by atoms with van der Waals surface area (Å²) in [7, 11) is 2.01. The Labute approximate surface area is 134 Å². The molecule has 0 spiro atoms. The Morgan fingerprint density at radius 2 is 1.86 bits per heavy atom. The molecule has 0 aromatic heterocycles. The summed E-state index contributed by atoms with van der Waals surface area (Å²) >= 11 is 1.93. The van der Waals surface area contributed by atoms with Gasteiger partial charge in [0.1, 0.15) is 0 Å². The van der Waals surface area contributed by atoms with Crippen LogP contribution >= 0.6 is 11.8 Å². The van der Waals surface area contributed by atoms with E-state index >= 15 is 0 Å². The van der Waals surface area contributed by atoms with Gasteiger partial charge in [0.25, 0.3) is 0 Å². The molecule has 0 N–H and O–H groups in total. The maximum Gasteiger partial charge on any atom is 0.223 e. The van der Waals surface area contributed by atoms with Gasteiger partial charge in [0.2, 0.25) is 5.91 Å². The lowest BCUT2D eigenvalue weighted by atomic mass is 10.2. The van der Waals surface area contributed by atoms with Crippen LogP contribution in [0.25, 0.3) is 0 Å². The van der Waals surface area contributed by atoms with Crippen molar-refractivity contribution in [1.82, 2.24) is 14.7 Å². The Morgan fingerprint density at radius 3 is 2.48 bits per heavy atom. The normalized spacial score (nSPS) is 28.0. The van der Waals surface area contributed by atoms with Crippen molar-refractivity contribution in [1.29, 1.82) is 0 Å². The van der Waals surface area contributed by atoms with Gasteiger partial charge in [-0.25, -0.2) is 0 Å². The zero-order valence-corrected chi connectivity index (χ0v) is 14.7. The van der Waals surface area contributed by atoms with Gasteiger partial charge in [-0.2, -0.15) is 11.8 Å². The van der Waals surface area contributed by atoms with Gasteiger partial charge in [0.05, 0.1) is 0 Å². The second-order valence-corrected chi connectivity index (χ2v) is 7.38. The first kappa shape index (κ1) is 17.1. The summed E-state index contributed by atoms with van der Waals surface area (Å²) in [4.78, 5) is 19.4. The molecule has 1 saturated heterocycles. The van der Waals surface area contributed by atoms with Crippen molar-refractivity contribution in [2.24, 2.45) is 0 Å². The molecule has 5 heteroatoms. The standard InChI is InChI=1S/C16H31N3OS/c1-4-18-10-12-19(13-11-18)9-8-16(20)17(2)14-6-5-7-15(14)21-3/h14-15H,4-13H2,1-3H3/t14-,15-/m0/s1. The lowest BCUT2D eigenvalue weighted by molar-refractivity contribution is -0.132. The van der Waals surface area contributed by atoms with E-state index in [1.807, 2.05) is 23.7 Å². The summed E-state index contributed by atoms with van der Waals surface area (Å²) in [6.07, 6.45) is 6.58. The van der Waals surface area contributed by atoms with Crippen LogP contribution in [-0.4, -0.2) is 84.5 Å². The molecule has 2 rings (SSSR count). The van der Waals surface area contributed by atoms with Crippen LogP contribution in [-0.2, 0) is 4.79 Å². The van der Waals surface area contributed by atoms with Crippen molar-refractivity contribution >= 4 is 17.7 Å². The van der Waals surface area contributed by atoms with E-state index in [0.717, 1.165) is 39.3 Å². The monoisotopic (exact) mass is 313 g/mol. The van der Waals surface area contributed by atoms with Crippen molar-refractivity contribution < 1.29 is 4.79 Å². The van der Waals surface area contributed by atoms with Crippen LogP contribution in [0.1, 0.15) is 32.6 Å². The number of thioether (sulfide) groups is 1. The molecule has 4 nitrogen and oxygen atoms in total. The van der Waals surface area contributed by atoms with Gasteiger partial charge in [0, 0.05) is 57.5 Å². The fourth-order valence-electron chi connectivity index (χ4n) is 3.57. The largest absolute Gasteiger partial charge is 0.342 e. The number of rotatable bonds is 6. The third-order valence-electron chi connectivity index (χ3n) is 5.17. The predicted octanol–water partition coefficient (Wildman–Crippen LogP) is 1.76. The minimum atomic E-state index is 0.332. The fourth-order valence-corrected chi connectivity index (χ4v) is 4.60. The summed E-state index contributed by atoms with van der Waals surface area (Å²) in [6, 6.07) is 0.462. The lowest BCUT2D eigenvalue weighted by Crippen LogP contribution is -2.47. The molecule has 0 bridgehead atoms. The second-order valence-electron chi connectivity index (χ2n) is 6.30. The van der Waals surface area contributed by atoms with Crippen LogP contribution in [0.5, 0.6) is 0 Å². The first-order valence-electron chi connectivity index (χ1n) is 8.38. The molecule has 0 aromatic rings. The van der Waals surface area contributed by atoms with E-state index in [9.17, 15) is 4.79 Å². The van der Waals surface area contributed by atoms with Crippen LogP contribution in [0, 0.1) is 0 Å². The average molecular weight is 314 g/mol. The van der Waals surface area contributed by atoms with E-state index in [1.165, 1.54) is 19.3 Å². The molecule has 21 heavy (non-hydrogen) atoms. The molecular formula is C16H31N3OS. The Morgan fingerprint density at radius 1 is 1.19 bits per heavy atom. The summed E-state index contributed by atoms with van der Waals surface area (Å²) in [5.74, 6) is 0.332. The third-order valence-corrected chi connectivity index (χ3v) is 6.32. The Kier molecular flexibility index (Phi) is 6.83. The number of hydrogen-bond acceptors (Lipinski definition) is 4. The molecule has 0 unspecified atom stereocenters. The molecule has 0 aromatic carbocycles. The number of likely N-dealkylation sites (N-methyl/N-ethyl adjacent to an activating group) is 1. The number of piperazine rings is 1. The minimum absolute atomic E-state index is 0.332. The van der Waals surface area contributed by atoms with E-state index in [2.05, 4.69) is 23.0 Å². The van der Waals surface area contributed by atoms with Gasteiger partial charge in [0.15, 0.2) is 0 Å². The highest BCUT2D eigenvalue weighted by atomic mass is 32.2. The van der Waals surface area contributed by atoms with E-state index in [0.29, 0.717) is 23.6 Å². The number of carbonyl (C=O) groups excluding carboxylic acids is 1. The van der Waals surface area contributed by atoms with Crippen LogP contribution in [0.3, 0.4) is 0 Å². The van der Waals surface area contributed by atoms with Gasteiger partial charge in [-0.05, 0) is 25.6 Å². The Bertz CT molecular complexity index is 331. The van der Waals surface area contributed by atoms with Crippen LogP contribution in [0.15, 0.2) is 0 Å². The number of carbonyl (C=O) groups is 1. The minimum Gasteiger partial charge on any atom is -0.342 e. The fraction of sp³-hybridized carbons (Fsp3) is 0.938. The molecule has 2 aliphatic rings. The van der Waals surface area contributed by atoms with Gasteiger partial charge < -0.3 is 14.7 Å². The summed E-state index contributed by atoms with van der Waals surface area (Å²) in [5.41, 5.74) is 0. The molecule has 122 valence electrons. The highest BCUT2D eigenvalue weighted by molar-refractivity contribution is 7.99. The Hall–Kier alpha value is -0.260. The molecule has 1 heterocycles. The molecule has 1 aliphatic heterocycles. The van der Waals surface area contributed by atoms with E-state index < -0.39 is 0 Å². The molecule has 1 saturated carbocycles. The first-order valence-corrected chi connectivity index (χ1v) is 9.67. The van der Waals surface area contributed by atoms with Crippen molar-refractivity contribution in [3.8, 4) is 0 Å². The molecule has 1 aliphatic carbocycles. The van der Waals surface area contributed by atoms with Gasteiger partial charge >= 0.3 is 0 Å². The van der Waals surface area contributed by atoms with Gasteiger partial charge in [-0.1, -0.05) is 13.3 Å². The van der Waals surface area contributed by atoms with Crippen LogP contribution < -0.4 is 0 Å². The van der Waals surface area contributed by atoms with Crippen LogP contribution in [0.4, 0.5) is 0 Å². The summed E-state index contributed by atoms with van der Waals surface area (Å²) in [5, 5.41) is 0.645. The maximum atomic E-state index is 12.4. The van der Waals surface area contributed by atoms with Crippen LogP contribution in [0.2, 0.25) is 0 Å². The Balaban J connectivity index is 1.72. The quantitative estimate of drug-likeness (QED) is 0.746. The second kappa shape index (κ2) is 8.39. The van der Waals surface area contributed by atoms with Gasteiger partial charge in [-0.3, -0.25) is 4.79 Å². The van der Waals surface area contributed by atoms with E-state index in [4.69, 9.17) is 0 Å². The topological polar surface area (TPSA) is 26.8 Å². The number of amides is 1. The first-order chi connectivity index (χ1) is 10.2. The zero-order valence-electron chi connectivity index (χ0n) is 13.9. The number of nitrogens with zero attached hydrogens (tertiary/aromatic N) is 3. The maximum absolute atomic E-state index is 12.4. The molecule has 2 atom stereocenters. The summed E-state index contributed by atoms with van der Waals surface area (Å²) < 4.78 is 0. The van der Waals surface area contributed by atoms with Gasteiger partial charge in [-0.15, -0.1) is 0 Å². The van der Waals surface area contributed by atoms with Crippen molar-refractivity contribution in [2.75, 3.05) is 52.6 Å². The van der Waals surface area contributed by atoms with Crippen molar-refractivity contribution in [3.63, 3.8) is 0 Å². The molecule has 2 fully saturated rings. The number of hydrogen-bond donors (Lipinski definition) is 0. The molecular weight excluding hydrogens is 282 g/mol. The molecule has 0 radical (unpaired) electrons.